The molecule has 0 aliphatic heterocycles. The molecule has 12 heteroatoms. The molecule has 0 bridgehead atoms. The van der Waals surface area contributed by atoms with Crippen molar-refractivity contribution in [2.45, 2.75) is 45.8 Å². The van der Waals surface area contributed by atoms with Crippen LogP contribution in [-0.4, -0.2) is 33.7 Å². The number of ketones is 1. The summed E-state index contributed by atoms with van der Waals surface area (Å²) < 4.78 is 86.7. The van der Waals surface area contributed by atoms with Crippen molar-refractivity contribution in [2.75, 3.05) is 0 Å². The number of carbonyl (C=O) groups is 1. The van der Waals surface area contributed by atoms with E-state index in [-0.39, 0.29) is 21.0 Å². The van der Waals surface area contributed by atoms with E-state index in [9.17, 15) is 30.1 Å². The van der Waals surface area contributed by atoms with Gasteiger partial charge in [0.25, 0.3) is 0 Å². The number of hydrogen-bond donors (Lipinski definition) is 0. The molecule has 47 heavy (non-hydrogen) atoms. The monoisotopic (exact) mass is 797 g/mol. The predicted molar refractivity (Wildman–Crippen MR) is 175 cm³/mol. The number of rotatable bonds is 7. The molecule has 0 atom stereocenters. The van der Waals surface area contributed by atoms with Crippen LogP contribution in [0.15, 0.2) is 147 Å². The second-order valence-corrected chi connectivity index (χ2v) is 20.1. The van der Waals surface area contributed by atoms with Gasteiger partial charge in [-0.1, -0.05) is 124 Å². The summed E-state index contributed by atoms with van der Waals surface area (Å²) in [5.41, 5.74) is 4.26. The molecule has 0 N–H and O–H groups in total. The van der Waals surface area contributed by atoms with E-state index in [0.29, 0.717) is 16.0 Å². The van der Waals surface area contributed by atoms with Gasteiger partial charge in [-0.3, -0.25) is 4.79 Å². The zero-order valence-corrected chi connectivity index (χ0v) is 29.6. The molecular formula is C35H30F6O3S2Sb-. The summed E-state index contributed by atoms with van der Waals surface area (Å²) in [5, 5.41) is 0. The molecule has 0 aromatic heterocycles. The van der Waals surface area contributed by atoms with Gasteiger partial charge in [0.15, 0.2) is 5.78 Å². The van der Waals surface area contributed by atoms with Gasteiger partial charge >= 0.3 is 36.4 Å². The molecule has 0 spiro atoms. The Morgan fingerprint density at radius 1 is 0.596 bits per heavy atom. The number of sulfone groups is 1. The van der Waals surface area contributed by atoms with Crippen LogP contribution < -0.4 is 0 Å². The van der Waals surface area contributed by atoms with Gasteiger partial charge in [0.1, 0.15) is 0 Å². The van der Waals surface area contributed by atoms with Gasteiger partial charge in [-0.05, 0) is 58.5 Å². The quantitative estimate of drug-likeness (QED) is 0.0935. The average molecular weight is 799 g/mol. The molecule has 0 fully saturated rings. The maximum atomic E-state index is 13.6. The molecule has 0 aliphatic carbocycles. The first-order chi connectivity index (χ1) is 21.6. The molecule has 0 amide bonds. The fraction of sp³-hybridized carbons (Fsp3) is 0.114. The Kier molecular flexibility index (Phi) is 9.91. The molecule has 5 aromatic rings. The normalized spacial score (nSPS) is 13.5. The van der Waals surface area contributed by atoms with Crippen molar-refractivity contribution in [3.8, 4) is 11.1 Å². The van der Waals surface area contributed by atoms with E-state index in [0.717, 1.165) is 16.0 Å². The molecule has 0 heterocycles. The summed E-state index contributed by atoms with van der Waals surface area (Å²) in [6.07, 6.45) is 0. The van der Waals surface area contributed by atoms with E-state index in [1.54, 1.807) is 24.3 Å². The van der Waals surface area contributed by atoms with Crippen LogP contribution in [0.2, 0.25) is 0 Å². The maximum absolute atomic E-state index is 13.6. The molecule has 5 rings (SSSR count). The van der Waals surface area contributed by atoms with E-state index in [1.807, 2.05) is 103 Å². The standard InChI is InChI=1S/C35H30O3S2.6FH.Sb/c1-35(2,3)29-21-17-28(18-22-29)34(36)27-15-13-25(14-16-27)26-19-23-31(24-20-26)40(37,38)33-12-8-7-11-32(33)39-30-9-5-4-6-10-30;;;;;;;/h4-24H,1-3H3;6*1H;/q;;;;;;;+5/p-6. The first kappa shape index (κ1) is 36.3. The van der Waals surface area contributed by atoms with Crippen molar-refractivity contribution in [3.63, 3.8) is 0 Å². The average Bonchev–Trinajstić information content (AvgIpc) is 3.00. The van der Waals surface area contributed by atoms with E-state index >= 15 is 0 Å². The van der Waals surface area contributed by atoms with Crippen LogP contribution in [0.25, 0.3) is 11.1 Å². The number of hydrogen-bond acceptors (Lipinski definition) is 4. The third-order valence-corrected chi connectivity index (χ3v) is 9.81. The topological polar surface area (TPSA) is 51.2 Å². The second-order valence-electron chi connectivity index (χ2n) is 11.6. The van der Waals surface area contributed by atoms with Gasteiger partial charge in [-0.25, -0.2) is 8.42 Å². The van der Waals surface area contributed by atoms with Gasteiger partial charge in [0.05, 0.1) is 9.79 Å². The first-order valence-corrected chi connectivity index (χ1v) is 22.2. The summed E-state index contributed by atoms with van der Waals surface area (Å²) in [6, 6.07) is 38.9. The van der Waals surface area contributed by atoms with Crippen LogP contribution in [0.4, 0.5) is 16.9 Å². The number of benzene rings is 5. The summed E-state index contributed by atoms with van der Waals surface area (Å²) >= 11 is -9.82. The van der Waals surface area contributed by atoms with Gasteiger partial charge in [0.2, 0.25) is 9.84 Å². The summed E-state index contributed by atoms with van der Waals surface area (Å²) in [7, 11) is -3.72. The van der Waals surface area contributed by atoms with Crippen LogP contribution >= 0.6 is 11.8 Å². The fourth-order valence-corrected chi connectivity index (χ4v) is 7.08. The van der Waals surface area contributed by atoms with E-state index < -0.39 is 29.3 Å². The molecule has 0 radical (unpaired) electrons. The van der Waals surface area contributed by atoms with E-state index in [1.165, 1.54) is 17.3 Å². The second kappa shape index (κ2) is 12.8. The van der Waals surface area contributed by atoms with Crippen molar-refractivity contribution in [1.29, 1.82) is 0 Å². The van der Waals surface area contributed by atoms with Crippen molar-refractivity contribution in [3.05, 3.63) is 144 Å². The summed E-state index contributed by atoms with van der Waals surface area (Å²) in [4.78, 5) is 15.2. The Morgan fingerprint density at radius 2 is 1.02 bits per heavy atom. The SMILES string of the molecule is CC(C)(C)c1ccc(C(=O)c2ccc(-c3ccc(S(=O)(=O)c4ccccc4Sc4ccccc4)cc3)cc2)cc1.[F][Sb-]([F])([F])([F])([F])[F]. The van der Waals surface area contributed by atoms with Gasteiger partial charge in [0, 0.05) is 20.9 Å². The zero-order valence-electron chi connectivity index (χ0n) is 25.4. The molecule has 0 saturated heterocycles. The molecule has 248 valence electrons. The van der Waals surface area contributed by atoms with Crippen molar-refractivity contribution < 1.29 is 30.1 Å². The zero-order chi connectivity index (χ0) is 34.7. The van der Waals surface area contributed by atoms with E-state index in [2.05, 4.69) is 20.8 Å². The first-order valence-electron chi connectivity index (χ1n) is 14.1. The van der Waals surface area contributed by atoms with Crippen LogP contribution in [0.3, 0.4) is 0 Å². The Bertz CT molecular complexity index is 1960. The molecule has 0 unspecified atom stereocenters. The van der Waals surface area contributed by atoms with Crippen molar-refractivity contribution in [2.24, 2.45) is 0 Å². The predicted octanol–water partition coefficient (Wildman–Crippen LogP) is 11.0. The van der Waals surface area contributed by atoms with Crippen molar-refractivity contribution >= 4 is 46.9 Å². The number of carbonyl (C=O) groups excluding carboxylic acids is 1. The van der Waals surface area contributed by atoms with Crippen molar-refractivity contribution in [1.82, 2.24) is 0 Å². The fourth-order valence-electron chi connectivity index (χ4n) is 4.43. The van der Waals surface area contributed by atoms with E-state index in [4.69, 9.17) is 0 Å². The molecule has 5 aromatic carbocycles. The van der Waals surface area contributed by atoms with Crippen LogP contribution in [-0.2, 0) is 15.3 Å². The Balaban J connectivity index is 0.000000644. The third kappa shape index (κ3) is 11.0. The van der Waals surface area contributed by atoms with Crippen LogP contribution in [0.1, 0.15) is 42.3 Å². The van der Waals surface area contributed by atoms with Crippen LogP contribution in [0.5, 0.6) is 0 Å². The molecule has 0 saturated carbocycles. The van der Waals surface area contributed by atoms with Crippen LogP contribution in [0, 0.1) is 0 Å². The summed E-state index contributed by atoms with van der Waals surface area (Å²) in [5.74, 6) is -0.0273. The molecular weight excluding hydrogens is 768 g/mol. The molecule has 3 nitrogen and oxygen atoms in total. The molecule has 0 aliphatic rings. The summed E-state index contributed by atoms with van der Waals surface area (Å²) in [6.45, 7) is 6.44. The van der Waals surface area contributed by atoms with Gasteiger partial charge < -0.3 is 0 Å². The number of halogens is 6. The van der Waals surface area contributed by atoms with Gasteiger partial charge in [-0.15, -0.1) is 0 Å². The Hall–Kier alpha value is -3.53. The Labute approximate surface area is 276 Å². The minimum absolute atomic E-state index is 0.0273. The third-order valence-electron chi connectivity index (χ3n) is 6.77. The minimum atomic E-state index is -11.2. The Morgan fingerprint density at radius 3 is 1.51 bits per heavy atom. The van der Waals surface area contributed by atoms with Gasteiger partial charge in [-0.2, -0.15) is 0 Å².